The first-order valence-electron chi connectivity index (χ1n) is 3.42. The summed E-state index contributed by atoms with van der Waals surface area (Å²) >= 11 is 0. The Balaban J connectivity index is 2.87. The van der Waals surface area contributed by atoms with E-state index in [9.17, 15) is 0 Å². The van der Waals surface area contributed by atoms with E-state index >= 15 is 0 Å². The highest BCUT2D eigenvalue weighted by molar-refractivity contribution is 5.10. The van der Waals surface area contributed by atoms with Crippen LogP contribution in [0.3, 0.4) is 0 Å². The highest BCUT2D eigenvalue weighted by Gasteiger charge is 1.91. The molecule has 0 radical (unpaired) electrons. The summed E-state index contributed by atoms with van der Waals surface area (Å²) in [6.45, 7) is 2.08. The maximum atomic E-state index is 8.70. The number of pyridine rings is 1. The Labute approximate surface area is 60.5 Å². The van der Waals surface area contributed by atoms with Gasteiger partial charge in [0.2, 0.25) is 0 Å². The molecule has 0 saturated carbocycles. The third-order valence-corrected chi connectivity index (χ3v) is 1.39. The van der Waals surface area contributed by atoms with E-state index in [1.165, 1.54) is 0 Å². The molecule has 0 unspecified atom stereocenters. The summed E-state index contributed by atoms with van der Waals surface area (Å²) in [6.07, 6.45) is 0.924. The van der Waals surface area contributed by atoms with E-state index in [0.29, 0.717) is 0 Å². The van der Waals surface area contributed by atoms with Crippen LogP contribution in [0.25, 0.3) is 0 Å². The van der Waals surface area contributed by atoms with Crippen molar-refractivity contribution in [2.45, 2.75) is 20.0 Å². The van der Waals surface area contributed by atoms with Crippen molar-refractivity contribution < 1.29 is 5.11 Å². The number of nitrogens with zero attached hydrogens (tertiary/aromatic N) is 1. The first-order chi connectivity index (χ1) is 4.86. The summed E-state index contributed by atoms with van der Waals surface area (Å²) in [7, 11) is 0. The Morgan fingerprint density at radius 1 is 1.40 bits per heavy atom. The van der Waals surface area contributed by atoms with Gasteiger partial charge in [0.05, 0.1) is 12.3 Å². The first kappa shape index (κ1) is 7.22. The fraction of sp³-hybridized carbons (Fsp3) is 0.375. The van der Waals surface area contributed by atoms with E-state index < -0.39 is 0 Å². The van der Waals surface area contributed by atoms with Crippen LogP contribution in [0.2, 0.25) is 0 Å². The molecule has 1 aromatic heterocycles. The third-order valence-electron chi connectivity index (χ3n) is 1.39. The molecule has 1 aromatic rings. The zero-order valence-electron chi connectivity index (χ0n) is 6.04. The number of hydrogen-bond acceptors (Lipinski definition) is 2. The van der Waals surface area contributed by atoms with Gasteiger partial charge in [-0.25, -0.2) is 0 Å². The zero-order chi connectivity index (χ0) is 7.40. The number of rotatable bonds is 2. The van der Waals surface area contributed by atoms with Crippen LogP contribution in [0.5, 0.6) is 0 Å². The van der Waals surface area contributed by atoms with Crippen molar-refractivity contribution in [1.29, 1.82) is 0 Å². The van der Waals surface area contributed by atoms with Crippen LogP contribution < -0.4 is 0 Å². The monoisotopic (exact) mass is 137 g/mol. The molecule has 1 rings (SSSR count). The van der Waals surface area contributed by atoms with Crippen molar-refractivity contribution in [3.63, 3.8) is 0 Å². The Hall–Kier alpha value is -0.890. The standard InChI is InChI=1S/C8H11NO/c1-2-7-4-3-5-8(6-10)9-7/h3-5,10H,2,6H2,1H3. The van der Waals surface area contributed by atoms with Gasteiger partial charge in [0.15, 0.2) is 0 Å². The van der Waals surface area contributed by atoms with Gasteiger partial charge in [-0.15, -0.1) is 0 Å². The second-order valence-electron chi connectivity index (χ2n) is 2.13. The van der Waals surface area contributed by atoms with Gasteiger partial charge in [0.1, 0.15) is 0 Å². The highest BCUT2D eigenvalue weighted by Crippen LogP contribution is 1.98. The molecule has 0 amide bonds. The number of aryl methyl sites for hydroxylation is 1. The average molecular weight is 137 g/mol. The van der Waals surface area contributed by atoms with Gasteiger partial charge in [-0.05, 0) is 18.6 Å². The molecule has 0 aliphatic heterocycles. The molecule has 0 fully saturated rings. The summed E-state index contributed by atoms with van der Waals surface area (Å²) in [5, 5.41) is 8.70. The van der Waals surface area contributed by atoms with Crippen LogP contribution in [0.4, 0.5) is 0 Å². The molecule has 0 aliphatic rings. The number of aromatic nitrogens is 1. The van der Waals surface area contributed by atoms with E-state index in [0.717, 1.165) is 17.8 Å². The molecular weight excluding hydrogens is 126 g/mol. The van der Waals surface area contributed by atoms with Crippen LogP contribution in [0, 0.1) is 0 Å². The first-order valence-corrected chi connectivity index (χ1v) is 3.42. The van der Waals surface area contributed by atoms with Crippen molar-refractivity contribution in [2.24, 2.45) is 0 Å². The average Bonchev–Trinajstić information content (AvgIpc) is 2.05. The predicted octanol–water partition coefficient (Wildman–Crippen LogP) is 1.14. The Kier molecular flexibility index (Phi) is 2.40. The maximum Gasteiger partial charge on any atom is 0.0853 e. The molecule has 0 atom stereocenters. The summed E-state index contributed by atoms with van der Waals surface area (Å²) < 4.78 is 0. The molecule has 0 aliphatic carbocycles. The van der Waals surface area contributed by atoms with Crippen LogP contribution in [-0.2, 0) is 13.0 Å². The maximum absolute atomic E-state index is 8.70. The fourth-order valence-electron chi connectivity index (χ4n) is 0.814. The molecule has 1 N–H and O–H groups in total. The van der Waals surface area contributed by atoms with Gasteiger partial charge in [-0.3, -0.25) is 4.98 Å². The summed E-state index contributed by atoms with van der Waals surface area (Å²) in [6, 6.07) is 5.69. The van der Waals surface area contributed by atoms with Gasteiger partial charge >= 0.3 is 0 Å². The van der Waals surface area contributed by atoms with Crippen molar-refractivity contribution in [2.75, 3.05) is 0 Å². The van der Waals surface area contributed by atoms with E-state index in [-0.39, 0.29) is 6.61 Å². The molecular formula is C8H11NO. The van der Waals surface area contributed by atoms with E-state index in [2.05, 4.69) is 4.98 Å². The van der Waals surface area contributed by atoms with Gasteiger partial charge in [-0.1, -0.05) is 13.0 Å². The van der Waals surface area contributed by atoms with Crippen LogP contribution >= 0.6 is 0 Å². The summed E-state index contributed by atoms with van der Waals surface area (Å²) in [5.41, 5.74) is 1.78. The van der Waals surface area contributed by atoms with Gasteiger partial charge < -0.3 is 5.11 Å². The topological polar surface area (TPSA) is 33.1 Å². The smallest absolute Gasteiger partial charge is 0.0853 e. The van der Waals surface area contributed by atoms with Gasteiger partial charge in [-0.2, -0.15) is 0 Å². The second kappa shape index (κ2) is 3.32. The lowest BCUT2D eigenvalue weighted by Gasteiger charge is -1.97. The normalized spacial score (nSPS) is 9.80. The number of aliphatic hydroxyl groups is 1. The minimum Gasteiger partial charge on any atom is -0.390 e. The molecule has 2 nitrogen and oxygen atoms in total. The van der Waals surface area contributed by atoms with Crippen LogP contribution in [0.1, 0.15) is 18.3 Å². The summed E-state index contributed by atoms with van der Waals surface area (Å²) in [5.74, 6) is 0. The van der Waals surface area contributed by atoms with Gasteiger partial charge in [0.25, 0.3) is 0 Å². The molecule has 1 heterocycles. The largest absolute Gasteiger partial charge is 0.390 e. The fourth-order valence-corrected chi connectivity index (χ4v) is 0.814. The van der Waals surface area contributed by atoms with E-state index in [1.54, 1.807) is 0 Å². The Bertz CT molecular complexity index is 191. The predicted molar refractivity (Wildman–Crippen MR) is 39.5 cm³/mol. The molecule has 0 spiro atoms. The second-order valence-corrected chi connectivity index (χ2v) is 2.13. The molecule has 0 aromatic carbocycles. The quantitative estimate of drug-likeness (QED) is 0.663. The molecule has 0 bridgehead atoms. The molecule has 2 heteroatoms. The highest BCUT2D eigenvalue weighted by atomic mass is 16.3. The lowest BCUT2D eigenvalue weighted by molar-refractivity contribution is 0.276. The van der Waals surface area contributed by atoms with E-state index in [1.807, 2.05) is 25.1 Å². The van der Waals surface area contributed by atoms with Crippen LogP contribution in [0.15, 0.2) is 18.2 Å². The minimum absolute atomic E-state index is 0.0356. The van der Waals surface area contributed by atoms with Crippen molar-refractivity contribution >= 4 is 0 Å². The van der Waals surface area contributed by atoms with Crippen molar-refractivity contribution in [1.82, 2.24) is 4.98 Å². The lowest BCUT2D eigenvalue weighted by atomic mass is 10.2. The van der Waals surface area contributed by atoms with Crippen molar-refractivity contribution in [3.8, 4) is 0 Å². The van der Waals surface area contributed by atoms with E-state index in [4.69, 9.17) is 5.11 Å². The SMILES string of the molecule is CCc1cccc(CO)n1. The Morgan fingerprint density at radius 3 is 2.70 bits per heavy atom. The molecule has 10 heavy (non-hydrogen) atoms. The molecule has 0 saturated heterocycles. The lowest BCUT2D eigenvalue weighted by Crippen LogP contribution is -1.92. The third kappa shape index (κ3) is 1.54. The van der Waals surface area contributed by atoms with Crippen LogP contribution in [-0.4, -0.2) is 10.1 Å². The number of aliphatic hydroxyl groups excluding tert-OH is 1. The molecule has 54 valence electrons. The Morgan fingerprint density at radius 2 is 2.10 bits per heavy atom. The van der Waals surface area contributed by atoms with Crippen molar-refractivity contribution in [3.05, 3.63) is 29.6 Å². The minimum atomic E-state index is 0.0356. The zero-order valence-corrected chi connectivity index (χ0v) is 6.04. The summed E-state index contributed by atoms with van der Waals surface area (Å²) in [4.78, 5) is 4.16. The van der Waals surface area contributed by atoms with Gasteiger partial charge in [0, 0.05) is 5.69 Å². The number of hydrogen-bond donors (Lipinski definition) is 1.